The van der Waals surface area contributed by atoms with Crippen LogP contribution in [0, 0.1) is 0 Å². The van der Waals surface area contributed by atoms with Crippen molar-refractivity contribution in [2.45, 2.75) is 29.6 Å². The molecule has 0 bridgehead atoms. The van der Waals surface area contributed by atoms with Gasteiger partial charge in [-0.1, -0.05) is 32.0 Å². The lowest BCUT2D eigenvalue weighted by molar-refractivity contribution is 0.601. The standard InChI is InChI=1S/C16H19NO3S2/c1-12(2)13-7-9-16(10-8-13)22(19,20)17-14-5-4-6-15(11-14)21(3)18/h4-12,17H,1-3H3. The zero-order valence-electron chi connectivity index (χ0n) is 12.7. The second-order valence-corrected chi connectivity index (χ2v) is 8.37. The second kappa shape index (κ2) is 6.62. The zero-order chi connectivity index (χ0) is 16.3. The largest absolute Gasteiger partial charge is 0.280 e. The minimum absolute atomic E-state index is 0.208. The molecule has 2 aromatic rings. The maximum Gasteiger partial charge on any atom is 0.261 e. The summed E-state index contributed by atoms with van der Waals surface area (Å²) in [7, 11) is -4.80. The topological polar surface area (TPSA) is 63.2 Å². The fraction of sp³-hybridized carbons (Fsp3) is 0.250. The molecule has 0 fully saturated rings. The van der Waals surface area contributed by atoms with Crippen LogP contribution in [0.4, 0.5) is 5.69 Å². The third kappa shape index (κ3) is 3.96. The molecule has 0 spiro atoms. The summed E-state index contributed by atoms with van der Waals surface area (Å²) in [5.74, 6) is 0.348. The Morgan fingerprint density at radius 3 is 2.23 bits per heavy atom. The maximum atomic E-state index is 12.4. The molecule has 6 heteroatoms. The average molecular weight is 337 g/mol. The van der Waals surface area contributed by atoms with Crippen LogP contribution in [0.2, 0.25) is 0 Å². The third-order valence-electron chi connectivity index (χ3n) is 3.28. The van der Waals surface area contributed by atoms with Gasteiger partial charge >= 0.3 is 0 Å². The molecule has 0 aromatic heterocycles. The number of benzene rings is 2. The van der Waals surface area contributed by atoms with Gasteiger partial charge in [-0.2, -0.15) is 0 Å². The fourth-order valence-corrected chi connectivity index (χ4v) is 3.60. The highest BCUT2D eigenvalue weighted by atomic mass is 32.2. The molecular weight excluding hydrogens is 318 g/mol. The summed E-state index contributed by atoms with van der Waals surface area (Å²) < 4.78 is 38.7. The molecule has 0 heterocycles. The van der Waals surface area contributed by atoms with E-state index in [9.17, 15) is 12.6 Å². The molecule has 0 saturated carbocycles. The van der Waals surface area contributed by atoms with E-state index in [1.54, 1.807) is 42.7 Å². The van der Waals surface area contributed by atoms with Gasteiger partial charge in [-0.25, -0.2) is 8.42 Å². The summed E-state index contributed by atoms with van der Waals surface area (Å²) in [6, 6.07) is 13.4. The molecule has 0 saturated heterocycles. The number of nitrogens with one attached hydrogen (secondary N) is 1. The van der Waals surface area contributed by atoms with Crippen LogP contribution in [-0.2, 0) is 20.8 Å². The molecule has 0 aliphatic carbocycles. The molecule has 1 N–H and O–H groups in total. The van der Waals surface area contributed by atoms with Crippen molar-refractivity contribution in [3.05, 3.63) is 54.1 Å². The van der Waals surface area contributed by atoms with E-state index >= 15 is 0 Å². The van der Waals surface area contributed by atoms with Crippen molar-refractivity contribution < 1.29 is 12.6 Å². The zero-order valence-corrected chi connectivity index (χ0v) is 14.4. The first-order valence-corrected chi connectivity index (χ1v) is 9.90. The number of hydrogen-bond acceptors (Lipinski definition) is 3. The number of rotatable bonds is 5. The molecule has 22 heavy (non-hydrogen) atoms. The van der Waals surface area contributed by atoms with Crippen LogP contribution in [0.25, 0.3) is 0 Å². The van der Waals surface area contributed by atoms with Crippen LogP contribution in [0.3, 0.4) is 0 Å². The highest BCUT2D eigenvalue weighted by molar-refractivity contribution is 7.92. The quantitative estimate of drug-likeness (QED) is 0.910. The predicted molar refractivity (Wildman–Crippen MR) is 90.1 cm³/mol. The smallest absolute Gasteiger partial charge is 0.261 e. The van der Waals surface area contributed by atoms with Gasteiger partial charge in [-0.3, -0.25) is 8.93 Å². The van der Waals surface area contributed by atoms with E-state index in [4.69, 9.17) is 0 Å². The van der Waals surface area contributed by atoms with E-state index in [1.165, 1.54) is 0 Å². The summed E-state index contributed by atoms with van der Waals surface area (Å²) in [5, 5.41) is 0. The number of anilines is 1. The van der Waals surface area contributed by atoms with E-state index in [0.717, 1.165) is 5.56 Å². The van der Waals surface area contributed by atoms with Crippen molar-refractivity contribution in [2.75, 3.05) is 11.0 Å². The lowest BCUT2D eigenvalue weighted by Crippen LogP contribution is -2.13. The Morgan fingerprint density at radius 1 is 1.05 bits per heavy atom. The summed E-state index contributed by atoms with van der Waals surface area (Å²) in [6.07, 6.45) is 1.55. The number of hydrogen-bond donors (Lipinski definition) is 1. The summed E-state index contributed by atoms with van der Waals surface area (Å²) in [6.45, 7) is 4.11. The Morgan fingerprint density at radius 2 is 1.68 bits per heavy atom. The first kappa shape index (κ1) is 16.7. The van der Waals surface area contributed by atoms with Crippen molar-refractivity contribution in [1.82, 2.24) is 0 Å². The normalized spacial score (nSPS) is 13.1. The van der Waals surface area contributed by atoms with Gasteiger partial charge in [0.1, 0.15) is 0 Å². The Hall–Kier alpha value is -1.66. The predicted octanol–water partition coefficient (Wildman–Crippen LogP) is 3.35. The van der Waals surface area contributed by atoms with Crippen LogP contribution in [0.1, 0.15) is 25.3 Å². The minimum Gasteiger partial charge on any atom is -0.280 e. The van der Waals surface area contributed by atoms with Crippen LogP contribution in [0.15, 0.2) is 58.3 Å². The van der Waals surface area contributed by atoms with E-state index in [0.29, 0.717) is 16.5 Å². The molecule has 2 rings (SSSR count). The van der Waals surface area contributed by atoms with Crippen molar-refractivity contribution in [2.24, 2.45) is 0 Å². The number of sulfonamides is 1. The van der Waals surface area contributed by atoms with Gasteiger partial charge in [-0.15, -0.1) is 0 Å². The van der Waals surface area contributed by atoms with Crippen LogP contribution >= 0.6 is 0 Å². The summed E-state index contributed by atoms with van der Waals surface area (Å²) in [4.78, 5) is 0.787. The molecular formula is C16H19NO3S2. The Labute approximate surface area is 134 Å². The van der Waals surface area contributed by atoms with Crippen molar-refractivity contribution in [3.8, 4) is 0 Å². The molecule has 118 valence electrons. The van der Waals surface area contributed by atoms with Crippen LogP contribution < -0.4 is 4.72 Å². The fourth-order valence-electron chi connectivity index (χ4n) is 1.98. The SMILES string of the molecule is CC(C)c1ccc(S(=O)(=O)Nc2cccc(S(C)=O)c2)cc1. The molecule has 0 amide bonds. The van der Waals surface area contributed by atoms with Gasteiger partial charge in [0.15, 0.2) is 0 Å². The van der Waals surface area contributed by atoms with Gasteiger partial charge in [0.05, 0.1) is 10.6 Å². The van der Waals surface area contributed by atoms with Crippen molar-refractivity contribution in [1.29, 1.82) is 0 Å². The highest BCUT2D eigenvalue weighted by Gasteiger charge is 2.15. The van der Waals surface area contributed by atoms with E-state index in [2.05, 4.69) is 18.6 Å². The Bertz CT molecular complexity index is 781. The average Bonchev–Trinajstić information content (AvgIpc) is 2.47. The van der Waals surface area contributed by atoms with Crippen molar-refractivity contribution >= 4 is 26.5 Å². The third-order valence-corrected chi connectivity index (χ3v) is 5.59. The van der Waals surface area contributed by atoms with Crippen LogP contribution in [0.5, 0.6) is 0 Å². The molecule has 1 atom stereocenters. The maximum absolute atomic E-state index is 12.4. The summed E-state index contributed by atoms with van der Waals surface area (Å²) in [5.41, 5.74) is 1.49. The monoisotopic (exact) mass is 337 g/mol. The minimum atomic E-state index is -3.65. The van der Waals surface area contributed by atoms with Gasteiger partial charge in [0.2, 0.25) is 0 Å². The van der Waals surface area contributed by atoms with Gasteiger partial charge in [0, 0.05) is 22.0 Å². The molecule has 2 aromatic carbocycles. The van der Waals surface area contributed by atoms with E-state index < -0.39 is 20.8 Å². The molecule has 1 unspecified atom stereocenters. The van der Waals surface area contributed by atoms with E-state index in [-0.39, 0.29) is 4.90 Å². The van der Waals surface area contributed by atoms with Crippen LogP contribution in [-0.4, -0.2) is 18.9 Å². The molecule has 0 aliphatic heterocycles. The summed E-state index contributed by atoms with van der Waals surface area (Å²) >= 11 is 0. The van der Waals surface area contributed by atoms with Gasteiger partial charge < -0.3 is 0 Å². The van der Waals surface area contributed by atoms with E-state index in [1.807, 2.05) is 12.1 Å². The van der Waals surface area contributed by atoms with Crippen molar-refractivity contribution in [3.63, 3.8) is 0 Å². The molecule has 4 nitrogen and oxygen atoms in total. The van der Waals surface area contributed by atoms with Gasteiger partial charge in [-0.05, 0) is 41.8 Å². The molecule has 0 radical (unpaired) electrons. The second-order valence-electron chi connectivity index (χ2n) is 5.31. The highest BCUT2D eigenvalue weighted by Crippen LogP contribution is 2.21. The first-order chi connectivity index (χ1) is 10.3. The Kier molecular flexibility index (Phi) is 5.03. The van der Waals surface area contributed by atoms with Gasteiger partial charge in [0.25, 0.3) is 10.0 Å². The Balaban J connectivity index is 2.27. The first-order valence-electron chi connectivity index (χ1n) is 6.86. The lowest BCUT2D eigenvalue weighted by atomic mass is 10.0. The lowest BCUT2D eigenvalue weighted by Gasteiger charge is -2.10. The molecule has 0 aliphatic rings.